The zero-order valence-corrected chi connectivity index (χ0v) is 14.0. The Morgan fingerprint density at radius 2 is 2.17 bits per heavy atom. The molecule has 2 rings (SSSR count). The average molecular weight is 331 g/mol. The molecule has 0 spiro atoms. The van der Waals surface area contributed by atoms with Crippen molar-refractivity contribution in [2.75, 3.05) is 39.8 Å². The molecule has 24 heavy (non-hydrogen) atoms. The summed E-state index contributed by atoms with van der Waals surface area (Å²) in [6.07, 6.45) is 4.16. The highest BCUT2D eigenvalue weighted by Crippen LogP contribution is 2.11. The van der Waals surface area contributed by atoms with Crippen LogP contribution in [0.3, 0.4) is 0 Å². The number of carbonyl (C=O) groups excluding carboxylic acids is 2. The number of hydrogen-bond acceptors (Lipinski definition) is 4. The smallest absolute Gasteiger partial charge is 0.237 e. The molecule has 0 aliphatic carbocycles. The van der Waals surface area contributed by atoms with E-state index >= 15 is 0 Å². The van der Waals surface area contributed by atoms with Gasteiger partial charge in [0, 0.05) is 33.2 Å². The van der Waals surface area contributed by atoms with Crippen molar-refractivity contribution in [2.45, 2.75) is 12.5 Å². The standard InChI is InChI=1S/C18H25N3O3/c1-20(12-13-22)17(23)14-16-18(24)19-9-11-21(16)10-5-8-15-6-3-2-4-7-15/h2-8,16,22H,9-14H2,1H3,(H,19,24)/b8-5+. The fraction of sp³-hybridized carbons (Fsp3) is 0.444. The molecule has 1 heterocycles. The minimum atomic E-state index is -0.465. The number of benzene rings is 1. The third kappa shape index (κ3) is 5.18. The number of rotatable bonds is 7. The zero-order valence-electron chi connectivity index (χ0n) is 14.0. The van der Waals surface area contributed by atoms with Crippen LogP contribution in [0, 0.1) is 0 Å². The van der Waals surface area contributed by atoms with E-state index in [9.17, 15) is 9.59 Å². The predicted octanol–water partition coefficient (Wildman–Crippen LogP) is 0.341. The van der Waals surface area contributed by atoms with Crippen LogP contribution in [0.15, 0.2) is 36.4 Å². The zero-order chi connectivity index (χ0) is 17.4. The summed E-state index contributed by atoms with van der Waals surface area (Å²) >= 11 is 0. The first-order valence-corrected chi connectivity index (χ1v) is 8.20. The van der Waals surface area contributed by atoms with E-state index in [1.807, 2.05) is 47.4 Å². The molecule has 1 aromatic carbocycles. The second-order valence-corrected chi connectivity index (χ2v) is 5.86. The van der Waals surface area contributed by atoms with Gasteiger partial charge in [-0.25, -0.2) is 0 Å². The number of carbonyl (C=O) groups is 2. The number of hydrogen-bond donors (Lipinski definition) is 2. The summed E-state index contributed by atoms with van der Waals surface area (Å²) in [5, 5.41) is 11.7. The molecule has 6 nitrogen and oxygen atoms in total. The van der Waals surface area contributed by atoms with Crippen molar-refractivity contribution in [3.63, 3.8) is 0 Å². The maximum atomic E-state index is 12.2. The Hall–Kier alpha value is -2.18. The van der Waals surface area contributed by atoms with E-state index < -0.39 is 6.04 Å². The van der Waals surface area contributed by atoms with E-state index in [0.29, 0.717) is 19.6 Å². The van der Waals surface area contributed by atoms with Crippen molar-refractivity contribution >= 4 is 17.9 Å². The van der Waals surface area contributed by atoms with Crippen molar-refractivity contribution in [3.05, 3.63) is 42.0 Å². The fourth-order valence-corrected chi connectivity index (χ4v) is 2.69. The molecule has 1 fully saturated rings. The van der Waals surface area contributed by atoms with Gasteiger partial charge in [-0.1, -0.05) is 42.5 Å². The van der Waals surface area contributed by atoms with Crippen LogP contribution in [-0.2, 0) is 9.59 Å². The van der Waals surface area contributed by atoms with E-state index in [0.717, 1.165) is 5.56 Å². The lowest BCUT2D eigenvalue weighted by Crippen LogP contribution is -2.56. The van der Waals surface area contributed by atoms with Gasteiger partial charge in [-0.05, 0) is 5.56 Å². The Morgan fingerprint density at radius 1 is 1.42 bits per heavy atom. The van der Waals surface area contributed by atoms with Gasteiger partial charge in [-0.2, -0.15) is 0 Å². The molecule has 0 aromatic heterocycles. The van der Waals surface area contributed by atoms with Crippen LogP contribution in [0.25, 0.3) is 6.08 Å². The van der Waals surface area contributed by atoms with E-state index in [2.05, 4.69) is 5.32 Å². The van der Waals surface area contributed by atoms with Crippen LogP contribution >= 0.6 is 0 Å². The Morgan fingerprint density at radius 3 is 2.88 bits per heavy atom. The van der Waals surface area contributed by atoms with E-state index in [1.165, 1.54) is 4.90 Å². The van der Waals surface area contributed by atoms with Gasteiger partial charge in [0.25, 0.3) is 0 Å². The summed E-state index contributed by atoms with van der Waals surface area (Å²) < 4.78 is 0. The van der Waals surface area contributed by atoms with E-state index in [-0.39, 0.29) is 31.4 Å². The van der Waals surface area contributed by atoms with Crippen molar-refractivity contribution in [1.29, 1.82) is 0 Å². The molecule has 0 bridgehead atoms. The lowest BCUT2D eigenvalue weighted by Gasteiger charge is -2.34. The maximum Gasteiger partial charge on any atom is 0.237 e. The fourth-order valence-electron chi connectivity index (χ4n) is 2.69. The lowest BCUT2D eigenvalue weighted by molar-refractivity contribution is -0.138. The summed E-state index contributed by atoms with van der Waals surface area (Å²) in [6, 6.07) is 9.50. The second-order valence-electron chi connectivity index (χ2n) is 5.86. The first-order valence-electron chi connectivity index (χ1n) is 8.20. The summed E-state index contributed by atoms with van der Waals surface area (Å²) in [4.78, 5) is 27.8. The molecule has 2 N–H and O–H groups in total. The summed E-state index contributed by atoms with van der Waals surface area (Å²) in [5.41, 5.74) is 1.11. The molecule has 1 aromatic rings. The molecular weight excluding hydrogens is 306 g/mol. The molecular formula is C18H25N3O3. The highest BCUT2D eigenvalue weighted by Gasteiger charge is 2.31. The van der Waals surface area contributed by atoms with Crippen molar-refractivity contribution < 1.29 is 14.7 Å². The quantitative estimate of drug-likeness (QED) is 0.756. The molecule has 6 heteroatoms. The number of nitrogens with zero attached hydrogens (tertiary/aromatic N) is 2. The topological polar surface area (TPSA) is 72.9 Å². The van der Waals surface area contributed by atoms with Crippen LogP contribution in [0.1, 0.15) is 12.0 Å². The number of nitrogens with one attached hydrogen (secondary N) is 1. The third-order valence-corrected chi connectivity index (χ3v) is 4.12. The number of piperazine rings is 1. The van der Waals surface area contributed by atoms with Crippen LogP contribution in [0.4, 0.5) is 0 Å². The molecule has 1 atom stereocenters. The first-order chi connectivity index (χ1) is 11.6. The molecule has 2 amide bonds. The summed E-state index contributed by atoms with van der Waals surface area (Å²) in [6.45, 7) is 2.12. The molecule has 0 radical (unpaired) electrons. The number of amides is 2. The molecule has 1 aliphatic rings. The third-order valence-electron chi connectivity index (χ3n) is 4.12. The Kier molecular flexibility index (Phi) is 6.96. The monoisotopic (exact) mass is 331 g/mol. The van der Waals surface area contributed by atoms with Crippen LogP contribution in [0.2, 0.25) is 0 Å². The first kappa shape index (κ1) is 18.2. The van der Waals surface area contributed by atoms with Gasteiger partial charge in [-0.3, -0.25) is 14.5 Å². The lowest BCUT2D eigenvalue weighted by atomic mass is 10.1. The van der Waals surface area contributed by atoms with E-state index in [4.69, 9.17) is 5.11 Å². The second kappa shape index (κ2) is 9.20. The van der Waals surface area contributed by atoms with Crippen LogP contribution in [0.5, 0.6) is 0 Å². The molecule has 1 unspecified atom stereocenters. The Balaban J connectivity index is 1.96. The van der Waals surface area contributed by atoms with Crippen molar-refractivity contribution in [3.8, 4) is 0 Å². The maximum absolute atomic E-state index is 12.2. The normalized spacial score (nSPS) is 18.6. The van der Waals surface area contributed by atoms with Crippen molar-refractivity contribution in [2.24, 2.45) is 0 Å². The van der Waals surface area contributed by atoms with Gasteiger partial charge in [0.1, 0.15) is 0 Å². The summed E-state index contributed by atoms with van der Waals surface area (Å²) in [5.74, 6) is -0.247. The molecule has 1 saturated heterocycles. The highest BCUT2D eigenvalue weighted by molar-refractivity contribution is 5.88. The van der Waals surface area contributed by atoms with Crippen LogP contribution in [-0.4, -0.2) is 72.6 Å². The highest BCUT2D eigenvalue weighted by atomic mass is 16.3. The SMILES string of the molecule is CN(CCO)C(=O)CC1C(=O)NCCN1C/C=C/c1ccccc1. The van der Waals surface area contributed by atoms with Gasteiger partial charge in [0.05, 0.1) is 19.1 Å². The Labute approximate surface area is 142 Å². The van der Waals surface area contributed by atoms with Gasteiger partial charge < -0.3 is 15.3 Å². The van der Waals surface area contributed by atoms with Gasteiger partial charge in [0.15, 0.2) is 0 Å². The number of aliphatic hydroxyl groups excluding tert-OH is 1. The minimum Gasteiger partial charge on any atom is -0.395 e. The van der Waals surface area contributed by atoms with Gasteiger partial charge >= 0.3 is 0 Å². The largest absolute Gasteiger partial charge is 0.395 e. The minimum absolute atomic E-state index is 0.0807. The van der Waals surface area contributed by atoms with Gasteiger partial charge in [0.2, 0.25) is 11.8 Å². The van der Waals surface area contributed by atoms with Crippen LogP contribution < -0.4 is 5.32 Å². The van der Waals surface area contributed by atoms with Gasteiger partial charge in [-0.15, -0.1) is 0 Å². The van der Waals surface area contributed by atoms with Crippen molar-refractivity contribution in [1.82, 2.24) is 15.1 Å². The molecule has 130 valence electrons. The molecule has 1 aliphatic heterocycles. The Bertz CT molecular complexity index is 574. The molecule has 0 saturated carbocycles. The average Bonchev–Trinajstić information content (AvgIpc) is 2.58. The number of aliphatic hydroxyl groups is 1. The number of likely N-dealkylation sites (N-methyl/N-ethyl adjacent to an activating group) is 1. The van der Waals surface area contributed by atoms with E-state index in [1.54, 1.807) is 7.05 Å². The predicted molar refractivity (Wildman–Crippen MR) is 93.2 cm³/mol. The summed E-state index contributed by atoms with van der Waals surface area (Å²) in [7, 11) is 1.64.